The van der Waals surface area contributed by atoms with Crippen LogP contribution >= 0.6 is 24.0 Å². The summed E-state index contributed by atoms with van der Waals surface area (Å²) in [4.78, 5) is 6.05. The largest absolute Gasteiger partial charge is 0.316 e. The summed E-state index contributed by atoms with van der Waals surface area (Å²) in [6.45, 7) is 0.996. The van der Waals surface area contributed by atoms with E-state index >= 15 is 0 Å². The molecule has 4 heteroatoms. The van der Waals surface area contributed by atoms with Crippen molar-refractivity contribution in [2.24, 2.45) is 5.92 Å². The van der Waals surface area contributed by atoms with Gasteiger partial charge in [-0.1, -0.05) is 30.3 Å². The lowest BCUT2D eigenvalue weighted by Gasteiger charge is -2.15. The third-order valence-electron chi connectivity index (χ3n) is 4.37. The molecule has 2 nitrogen and oxygen atoms in total. The first-order chi connectivity index (χ1) is 11.3. The van der Waals surface area contributed by atoms with Crippen molar-refractivity contribution >= 4 is 34.9 Å². The molecule has 0 bridgehead atoms. The van der Waals surface area contributed by atoms with Crippen LogP contribution in [-0.2, 0) is 6.54 Å². The Kier molecular flexibility index (Phi) is 3.95. The molecule has 2 aromatic carbocycles. The molecule has 0 N–H and O–H groups in total. The van der Waals surface area contributed by atoms with Gasteiger partial charge in [-0.3, -0.25) is 0 Å². The van der Waals surface area contributed by atoms with Crippen LogP contribution in [0.1, 0.15) is 12.8 Å². The molecule has 23 heavy (non-hydrogen) atoms. The summed E-state index contributed by atoms with van der Waals surface area (Å²) in [7, 11) is 0. The standard InChI is InChI=1S/C19H18N2S2/c1-23-15-9-10-17-16(11-15)18(14-5-3-2-4-6-14)20-19(22)21(17)12-13-7-8-13/h2-6,9-11,13H,7-8,12H2,1H3. The third-order valence-corrected chi connectivity index (χ3v) is 5.41. The average Bonchev–Trinajstić information content (AvgIpc) is 3.41. The Morgan fingerprint density at radius 2 is 1.96 bits per heavy atom. The maximum Gasteiger partial charge on any atom is 0.200 e. The molecule has 1 saturated carbocycles. The highest BCUT2D eigenvalue weighted by Crippen LogP contribution is 2.34. The van der Waals surface area contributed by atoms with E-state index < -0.39 is 0 Å². The Hall–Kier alpha value is -1.65. The van der Waals surface area contributed by atoms with Gasteiger partial charge in [-0.2, -0.15) is 0 Å². The Morgan fingerprint density at radius 3 is 2.65 bits per heavy atom. The molecule has 1 aliphatic carbocycles. The molecule has 0 amide bonds. The van der Waals surface area contributed by atoms with Gasteiger partial charge in [0.05, 0.1) is 11.2 Å². The minimum Gasteiger partial charge on any atom is -0.316 e. The molecule has 1 fully saturated rings. The summed E-state index contributed by atoms with van der Waals surface area (Å²) < 4.78 is 2.92. The van der Waals surface area contributed by atoms with Crippen molar-refractivity contribution in [2.45, 2.75) is 24.3 Å². The summed E-state index contributed by atoms with van der Waals surface area (Å²) in [5, 5.41) is 1.19. The van der Waals surface area contributed by atoms with Crippen molar-refractivity contribution in [3.8, 4) is 11.3 Å². The van der Waals surface area contributed by atoms with Crippen LogP contribution in [0, 0.1) is 10.7 Å². The van der Waals surface area contributed by atoms with E-state index in [0.29, 0.717) is 4.77 Å². The number of hydrogen-bond acceptors (Lipinski definition) is 3. The van der Waals surface area contributed by atoms with Gasteiger partial charge >= 0.3 is 0 Å². The Bertz CT molecular complexity index is 912. The molecule has 116 valence electrons. The predicted molar refractivity (Wildman–Crippen MR) is 101 cm³/mol. The summed E-state index contributed by atoms with van der Waals surface area (Å²) in [5.74, 6) is 0.773. The van der Waals surface area contributed by atoms with E-state index in [1.807, 2.05) is 6.07 Å². The van der Waals surface area contributed by atoms with E-state index in [1.54, 1.807) is 11.8 Å². The predicted octanol–water partition coefficient (Wildman–Crippen LogP) is 5.56. The van der Waals surface area contributed by atoms with E-state index in [4.69, 9.17) is 17.2 Å². The lowest BCUT2D eigenvalue weighted by Crippen LogP contribution is -2.07. The van der Waals surface area contributed by atoms with Crippen molar-refractivity contribution in [3.63, 3.8) is 0 Å². The molecule has 0 saturated heterocycles. The van der Waals surface area contributed by atoms with Gasteiger partial charge in [0.1, 0.15) is 0 Å². The van der Waals surface area contributed by atoms with Crippen LogP contribution in [0.15, 0.2) is 53.4 Å². The molecule has 0 spiro atoms. The molecule has 3 aromatic rings. The second-order valence-electron chi connectivity index (χ2n) is 6.05. The maximum absolute atomic E-state index is 5.62. The van der Waals surface area contributed by atoms with Gasteiger partial charge in [-0.25, -0.2) is 4.98 Å². The fraction of sp³-hybridized carbons (Fsp3) is 0.263. The van der Waals surface area contributed by atoms with E-state index in [-0.39, 0.29) is 0 Å². The quantitative estimate of drug-likeness (QED) is 0.458. The summed E-state index contributed by atoms with van der Waals surface area (Å²) in [6.07, 6.45) is 4.73. The van der Waals surface area contributed by atoms with Crippen LogP contribution in [0.5, 0.6) is 0 Å². The topological polar surface area (TPSA) is 17.8 Å². The Labute approximate surface area is 145 Å². The Balaban J connectivity index is 2.00. The zero-order chi connectivity index (χ0) is 15.8. The third kappa shape index (κ3) is 2.93. The zero-order valence-electron chi connectivity index (χ0n) is 13.0. The average molecular weight is 339 g/mol. The van der Waals surface area contributed by atoms with Gasteiger partial charge < -0.3 is 4.57 Å². The summed E-state index contributed by atoms with van der Waals surface area (Å²) in [5.41, 5.74) is 3.32. The molecule has 0 radical (unpaired) electrons. The minimum absolute atomic E-state index is 0.695. The van der Waals surface area contributed by atoms with Gasteiger partial charge in [0.15, 0.2) is 0 Å². The number of fused-ring (bicyclic) bond motifs is 1. The van der Waals surface area contributed by atoms with Crippen molar-refractivity contribution in [1.29, 1.82) is 0 Å². The normalized spacial score (nSPS) is 14.3. The molecular weight excluding hydrogens is 320 g/mol. The minimum atomic E-state index is 0.695. The highest BCUT2D eigenvalue weighted by Gasteiger charge is 2.23. The number of aromatic nitrogens is 2. The fourth-order valence-electron chi connectivity index (χ4n) is 2.94. The molecular formula is C19H18N2S2. The number of benzene rings is 2. The first kappa shape index (κ1) is 14.9. The summed E-state index contributed by atoms with van der Waals surface area (Å²) in [6, 6.07) is 17.0. The first-order valence-electron chi connectivity index (χ1n) is 7.90. The van der Waals surface area contributed by atoms with Gasteiger partial charge in [-0.05, 0) is 55.4 Å². The second kappa shape index (κ2) is 6.10. The smallest absolute Gasteiger partial charge is 0.200 e. The molecule has 1 aromatic heterocycles. The van der Waals surface area contributed by atoms with Crippen molar-refractivity contribution in [1.82, 2.24) is 9.55 Å². The van der Waals surface area contributed by atoms with Gasteiger partial charge in [0, 0.05) is 22.4 Å². The molecule has 1 aliphatic rings. The number of nitrogens with zero attached hydrogens (tertiary/aromatic N) is 2. The highest BCUT2D eigenvalue weighted by atomic mass is 32.2. The molecule has 4 rings (SSSR count). The van der Waals surface area contributed by atoms with Gasteiger partial charge in [0.25, 0.3) is 0 Å². The molecule has 1 heterocycles. The van der Waals surface area contributed by atoms with Crippen LogP contribution < -0.4 is 0 Å². The van der Waals surface area contributed by atoms with E-state index in [1.165, 1.54) is 28.6 Å². The van der Waals surface area contributed by atoms with Crippen molar-refractivity contribution in [3.05, 3.63) is 53.3 Å². The van der Waals surface area contributed by atoms with Crippen LogP contribution in [0.3, 0.4) is 0 Å². The molecule has 0 unspecified atom stereocenters. The van der Waals surface area contributed by atoms with Crippen molar-refractivity contribution < 1.29 is 0 Å². The van der Waals surface area contributed by atoms with Crippen LogP contribution in [0.25, 0.3) is 22.2 Å². The summed E-state index contributed by atoms with van der Waals surface area (Å²) >= 11 is 7.38. The SMILES string of the molecule is CSc1ccc2c(c1)c(-c1ccccc1)nc(=S)n2CC1CC1. The number of rotatable bonds is 4. The molecule has 0 aliphatic heterocycles. The van der Waals surface area contributed by atoms with Crippen molar-refractivity contribution in [2.75, 3.05) is 6.26 Å². The van der Waals surface area contributed by atoms with Crippen LogP contribution in [-0.4, -0.2) is 15.8 Å². The van der Waals surface area contributed by atoms with Crippen LogP contribution in [0.2, 0.25) is 0 Å². The first-order valence-corrected chi connectivity index (χ1v) is 9.53. The zero-order valence-corrected chi connectivity index (χ0v) is 14.7. The maximum atomic E-state index is 5.62. The second-order valence-corrected chi connectivity index (χ2v) is 7.29. The van der Waals surface area contributed by atoms with Gasteiger partial charge in [-0.15, -0.1) is 11.8 Å². The van der Waals surface area contributed by atoms with Crippen LogP contribution in [0.4, 0.5) is 0 Å². The van der Waals surface area contributed by atoms with E-state index in [2.05, 4.69) is 53.3 Å². The fourth-order valence-corrected chi connectivity index (χ4v) is 3.64. The highest BCUT2D eigenvalue weighted by molar-refractivity contribution is 7.98. The number of hydrogen-bond donors (Lipinski definition) is 0. The lowest BCUT2D eigenvalue weighted by atomic mass is 10.1. The lowest BCUT2D eigenvalue weighted by molar-refractivity contribution is 0.626. The van der Waals surface area contributed by atoms with Gasteiger partial charge in [0.2, 0.25) is 4.77 Å². The molecule has 0 atom stereocenters. The van der Waals surface area contributed by atoms with E-state index in [0.717, 1.165) is 23.7 Å². The van der Waals surface area contributed by atoms with E-state index in [9.17, 15) is 0 Å². The monoisotopic (exact) mass is 338 g/mol. The number of thioether (sulfide) groups is 1. The Morgan fingerprint density at radius 1 is 1.17 bits per heavy atom.